The molecule has 0 aromatic carbocycles. The summed E-state index contributed by atoms with van der Waals surface area (Å²) in [7, 11) is 0. The van der Waals surface area contributed by atoms with Crippen LogP contribution in [0.1, 0.15) is 43.4 Å². The van der Waals surface area contributed by atoms with Crippen LogP contribution >= 0.6 is 0 Å². The number of aliphatic hydroxyl groups is 1. The minimum atomic E-state index is -0.281. The summed E-state index contributed by atoms with van der Waals surface area (Å²) in [5, 5.41) is 13.8. The third-order valence-electron chi connectivity index (χ3n) is 4.08. The summed E-state index contributed by atoms with van der Waals surface area (Å²) in [6, 6.07) is 0.0853. The monoisotopic (exact) mass is 263 g/mol. The van der Waals surface area contributed by atoms with Crippen LogP contribution in [0.25, 0.3) is 0 Å². The summed E-state index contributed by atoms with van der Waals surface area (Å²) >= 11 is 0. The van der Waals surface area contributed by atoms with E-state index < -0.39 is 0 Å². The van der Waals surface area contributed by atoms with Crippen molar-refractivity contribution in [1.29, 1.82) is 0 Å². The third-order valence-corrected chi connectivity index (χ3v) is 4.08. The van der Waals surface area contributed by atoms with E-state index in [1.165, 1.54) is 12.8 Å². The second-order valence-corrected chi connectivity index (χ2v) is 5.69. The van der Waals surface area contributed by atoms with Gasteiger partial charge in [-0.25, -0.2) is 0 Å². The minimum absolute atomic E-state index is 0.0853. The Bertz CT molecular complexity index is 457. The van der Waals surface area contributed by atoms with Gasteiger partial charge in [0.25, 0.3) is 0 Å². The zero-order valence-electron chi connectivity index (χ0n) is 11.3. The van der Waals surface area contributed by atoms with Crippen molar-refractivity contribution in [3.05, 3.63) is 23.9 Å². The second-order valence-electron chi connectivity index (χ2n) is 5.69. The molecule has 1 aliphatic carbocycles. The van der Waals surface area contributed by atoms with Crippen LogP contribution in [0.3, 0.4) is 0 Å². The Balaban J connectivity index is 1.69. The lowest BCUT2D eigenvalue weighted by Gasteiger charge is -2.27. The lowest BCUT2D eigenvalue weighted by Crippen LogP contribution is -2.31. The first kappa shape index (κ1) is 12.8. The summed E-state index contributed by atoms with van der Waals surface area (Å²) in [5.74, 6) is 2.00. The molecule has 0 unspecified atom stereocenters. The molecule has 0 amide bonds. The molecule has 5 nitrogen and oxygen atoms in total. The number of hydrogen-bond acceptors (Lipinski definition) is 5. The second kappa shape index (κ2) is 5.43. The van der Waals surface area contributed by atoms with Crippen molar-refractivity contribution < 1.29 is 9.63 Å². The number of likely N-dealkylation sites (tertiary alicyclic amines) is 1. The molecule has 1 aliphatic heterocycles. The Kier molecular flexibility index (Phi) is 3.66. The first-order valence-electron chi connectivity index (χ1n) is 7.09. The van der Waals surface area contributed by atoms with E-state index in [9.17, 15) is 5.11 Å². The van der Waals surface area contributed by atoms with Crippen LogP contribution in [0.15, 0.2) is 16.7 Å². The normalized spacial score (nSPS) is 32.0. The van der Waals surface area contributed by atoms with Gasteiger partial charge in [-0.3, -0.25) is 4.90 Å². The molecule has 0 radical (unpaired) electrons. The van der Waals surface area contributed by atoms with Gasteiger partial charge < -0.3 is 9.63 Å². The van der Waals surface area contributed by atoms with E-state index in [1.807, 2.05) is 6.92 Å². The molecule has 1 aromatic heterocycles. The maximum atomic E-state index is 9.92. The molecule has 0 bridgehead atoms. The van der Waals surface area contributed by atoms with E-state index in [2.05, 4.69) is 27.2 Å². The quantitative estimate of drug-likeness (QED) is 0.843. The van der Waals surface area contributed by atoms with Gasteiger partial charge in [-0.1, -0.05) is 17.3 Å². The predicted octanol–water partition coefficient (Wildman–Crippen LogP) is 1.84. The number of aryl methyl sites for hydroxylation is 1. The van der Waals surface area contributed by atoms with Crippen LogP contribution in [0.5, 0.6) is 0 Å². The average Bonchev–Trinajstić information content (AvgIpc) is 2.97. The highest BCUT2D eigenvalue weighted by atomic mass is 16.5. The summed E-state index contributed by atoms with van der Waals surface area (Å²) in [5.41, 5.74) is 0. The Morgan fingerprint density at radius 2 is 2.37 bits per heavy atom. The molecule has 5 heteroatoms. The van der Waals surface area contributed by atoms with Crippen molar-refractivity contribution in [2.24, 2.45) is 5.92 Å². The van der Waals surface area contributed by atoms with Gasteiger partial charge in [0.15, 0.2) is 5.82 Å². The fourth-order valence-corrected chi connectivity index (χ4v) is 3.14. The maximum absolute atomic E-state index is 9.92. The molecular formula is C14H21N3O2. The smallest absolute Gasteiger partial charge is 0.244 e. The molecule has 1 aromatic rings. The molecule has 1 N–H and O–H groups in total. The lowest BCUT2D eigenvalue weighted by atomic mass is 9.94. The van der Waals surface area contributed by atoms with E-state index in [0.29, 0.717) is 30.6 Å². The van der Waals surface area contributed by atoms with Crippen molar-refractivity contribution in [2.45, 2.75) is 44.8 Å². The van der Waals surface area contributed by atoms with Gasteiger partial charge in [0.1, 0.15) is 0 Å². The Labute approximate surface area is 113 Å². The summed E-state index contributed by atoms with van der Waals surface area (Å²) in [6.45, 7) is 3.55. The Morgan fingerprint density at radius 1 is 1.47 bits per heavy atom. The van der Waals surface area contributed by atoms with Crippen LogP contribution in [0, 0.1) is 12.8 Å². The van der Waals surface area contributed by atoms with Gasteiger partial charge in [0.05, 0.1) is 12.1 Å². The summed E-state index contributed by atoms with van der Waals surface area (Å²) in [6.07, 6.45) is 8.49. The number of nitrogens with zero attached hydrogens (tertiary/aromatic N) is 3. The highest BCUT2D eigenvalue weighted by Crippen LogP contribution is 2.33. The number of hydrogen-bond donors (Lipinski definition) is 1. The van der Waals surface area contributed by atoms with Crippen LogP contribution in [0.4, 0.5) is 0 Å². The Hall–Kier alpha value is -1.20. The SMILES string of the molecule is Cc1noc([C@H]2C[C@@H](O)CN2C[C@H]2CC=CCC2)n1. The van der Waals surface area contributed by atoms with Crippen LogP contribution in [-0.4, -0.2) is 39.3 Å². The fraction of sp³-hybridized carbons (Fsp3) is 0.714. The van der Waals surface area contributed by atoms with Crippen molar-refractivity contribution in [3.8, 4) is 0 Å². The number of β-amino-alcohol motifs (C(OH)–C–C–N with tert-alkyl or cyclic N) is 1. The molecule has 2 heterocycles. The Morgan fingerprint density at radius 3 is 3.05 bits per heavy atom. The van der Waals surface area contributed by atoms with E-state index in [4.69, 9.17) is 4.52 Å². The predicted molar refractivity (Wildman–Crippen MR) is 70.5 cm³/mol. The molecule has 1 fully saturated rings. The largest absolute Gasteiger partial charge is 0.392 e. The van der Waals surface area contributed by atoms with Crippen LogP contribution in [-0.2, 0) is 0 Å². The van der Waals surface area contributed by atoms with E-state index >= 15 is 0 Å². The van der Waals surface area contributed by atoms with Crippen LogP contribution < -0.4 is 0 Å². The minimum Gasteiger partial charge on any atom is -0.392 e. The summed E-state index contributed by atoms with van der Waals surface area (Å²) in [4.78, 5) is 6.63. The van der Waals surface area contributed by atoms with Gasteiger partial charge in [-0.2, -0.15) is 4.98 Å². The van der Waals surface area contributed by atoms with Crippen molar-refractivity contribution in [1.82, 2.24) is 15.0 Å². The van der Waals surface area contributed by atoms with E-state index in [-0.39, 0.29) is 12.1 Å². The van der Waals surface area contributed by atoms with Gasteiger partial charge in [-0.15, -0.1) is 0 Å². The van der Waals surface area contributed by atoms with Gasteiger partial charge >= 0.3 is 0 Å². The average molecular weight is 263 g/mol. The van der Waals surface area contributed by atoms with Crippen molar-refractivity contribution >= 4 is 0 Å². The lowest BCUT2D eigenvalue weighted by molar-refractivity contribution is 0.156. The first-order chi connectivity index (χ1) is 9.22. The summed E-state index contributed by atoms with van der Waals surface area (Å²) < 4.78 is 5.29. The number of aliphatic hydroxyl groups excluding tert-OH is 1. The zero-order chi connectivity index (χ0) is 13.2. The molecule has 0 spiro atoms. The highest BCUT2D eigenvalue weighted by Gasteiger charge is 2.36. The van der Waals surface area contributed by atoms with E-state index in [1.54, 1.807) is 0 Å². The number of aromatic nitrogens is 2. The molecule has 104 valence electrons. The maximum Gasteiger partial charge on any atom is 0.244 e. The van der Waals surface area contributed by atoms with Crippen molar-refractivity contribution in [2.75, 3.05) is 13.1 Å². The zero-order valence-corrected chi connectivity index (χ0v) is 11.3. The molecule has 19 heavy (non-hydrogen) atoms. The first-order valence-corrected chi connectivity index (χ1v) is 7.09. The van der Waals surface area contributed by atoms with Gasteiger partial charge in [-0.05, 0) is 38.5 Å². The molecular weight excluding hydrogens is 242 g/mol. The van der Waals surface area contributed by atoms with Crippen molar-refractivity contribution in [3.63, 3.8) is 0 Å². The number of rotatable bonds is 3. The fourth-order valence-electron chi connectivity index (χ4n) is 3.14. The molecule has 3 rings (SSSR count). The highest BCUT2D eigenvalue weighted by molar-refractivity contribution is 5.00. The molecule has 1 saturated heterocycles. The molecule has 0 saturated carbocycles. The van der Waals surface area contributed by atoms with Gasteiger partial charge in [0.2, 0.25) is 5.89 Å². The third kappa shape index (κ3) is 2.87. The van der Waals surface area contributed by atoms with Gasteiger partial charge in [0, 0.05) is 13.1 Å². The standard InChI is InChI=1S/C14H21N3O2/c1-10-15-14(19-16-10)13-7-12(18)9-17(13)8-11-5-3-2-4-6-11/h2-3,11-13,18H,4-9H2,1H3/t11-,12+,13+/m0/s1. The van der Waals surface area contributed by atoms with E-state index in [0.717, 1.165) is 13.0 Å². The molecule has 2 aliphatic rings. The topological polar surface area (TPSA) is 62.4 Å². The number of allylic oxidation sites excluding steroid dienone is 2. The van der Waals surface area contributed by atoms with Crippen LogP contribution in [0.2, 0.25) is 0 Å². The molecule has 3 atom stereocenters.